The van der Waals surface area contributed by atoms with Gasteiger partial charge in [0.15, 0.2) is 0 Å². The molecule has 0 bridgehead atoms. The zero-order valence-corrected chi connectivity index (χ0v) is 15.7. The molecular weight excluding hydrogens is 367 g/mol. The lowest BCUT2D eigenvalue weighted by atomic mass is 10.1. The second kappa shape index (κ2) is 7.84. The van der Waals surface area contributed by atoms with Crippen LogP contribution in [0.1, 0.15) is 37.6 Å². The molecule has 1 saturated heterocycles. The van der Waals surface area contributed by atoms with Crippen LogP contribution in [-0.2, 0) is 11.2 Å². The summed E-state index contributed by atoms with van der Waals surface area (Å²) in [6, 6.07) is 4.38. The monoisotopic (exact) mass is 388 g/mol. The molecule has 1 aromatic heterocycles. The number of piperazine rings is 1. The fraction of sp³-hybridized carbons (Fsp3) is 0.350. The average Bonchev–Trinajstić information content (AvgIpc) is 3.02. The minimum absolute atomic E-state index is 0.128. The predicted molar refractivity (Wildman–Crippen MR) is 97.7 cm³/mol. The van der Waals surface area contributed by atoms with Gasteiger partial charge in [0.2, 0.25) is 0 Å². The summed E-state index contributed by atoms with van der Waals surface area (Å²) in [6.07, 6.45) is 1.00. The van der Waals surface area contributed by atoms with E-state index < -0.39 is 11.8 Å². The van der Waals surface area contributed by atoms with E-state index in [1.165, 1.54) is 12.3 Å². The van der Waals surface area contributed by atoms with Crippen LogP contribution in [0, 0.1) is 19.7 Å². The van der Waals surface area contributed by atoms with Gasteiger partial charge in [-0.2, -0.15) is 0 Å². The van der Waals surface area contributed by atoms with E-state index in [2.05, 4.69) is 0 Å². The molecule has 2 heterocycles. The van der Waals surface area contributed by atoms with Crippen molar-refractivity contribution in [2.75, 3.05) is 26.2 Å². The number of furan rings is 1. The van der Waals surface area contributed by atoms with Crippen LogP contribution < -0.4 is 0 Å². The zero-order valence-electron chi connectivity index (χ0n) is 15.7. The van der Waals surface area contributed by atoms with Crippen molar-refractivity contribution in [1.29, 1.82) is 0 Å². The third-order valence-electron chi connectivity index (χ3n) is 4.85. The maximum absolute atomic E-state index is 13.7. The summed E-state index contributed by atoms with van der Waals surface area (Å²) in [7, 11) is 0. The minimum atomic E-state index is -1.08. The average molecular weight is 388 g/mol. The molecule has 1 N–H and O–H groups in total. The van der Waals surface area contributed by atoms with Gasteiger partial charge in [0.05, 0.1) is 11.8 Å². The van der Waals surface area contributed by atoms with Crippen LogP contribution >= 0.6 is 0 Å². The van der Waals surface area contributed by atoms with E-state index in [1.54, 1.807) is 35.8 Å². The van der Waals surface area contributed by atoms with Crippen molar-refractivity contribution in [1.82, 2.24) is 9.80 Å². The predicted octanol–water partition coefficient (Wildman–Crippen LogP) is 2.26. The molecule has 2 amide bonds. The van der Waals surface area contributed by atoms with Crippen molar-refractivity contribution in [3.8, 4) is 0 Å². The highest BCUT2D eigenvalue weighted by molar-refractivity contribution is 5.98. The molecule has 0 saturated carbocycles. The molecule has 0 atom stereocenters. The Morgan fingerprint density at radius 3 is 2.21 bits per heavy atom. The molecule has 0 unspecified atom stereocenters. The second-order valence-corrected chi connectivity index (χ2v) is 6.84. The van der Waals surface area contributed by atoms with Gasteiger partial charge in [0, 0.05) is 37.3 Å². The van der Waals surface area contributed by atoms with Gasteiger partial charge in [-0.3, -0.25) is 14.4 Å². The lowest BCUT2D eigenvalue weighted by Gasteiger charge is -2.35. The first-order chi connectivity index (χ1) is 13.3. The first kappa shape index (κ1) is 19.6. The van der Waals surface area contributed by atoms with Crippen LogP contribution in [0.5, 0.6) is 0 Å². The number of carbonyl (C=O) groups excluding carboxylic acids is 2. The molecular formula is C20H21FN2O5. The number of hydrogen-bond donors (Lipinski definition) is 1. The van der Waals surface area contributed by atoms with Crippen LogP contribution in [0.25, 0.3) is 0 Å². The van der Waals surface area contributed by atoms with E-state index in [0.29, 0.717) is 37.3 Å². The maximum Gasteiger partial charge on any atom is 0.311 e. The van der Waals surface area contributed by atoms with Crippen molar-refractivity contribution >= 4 is 17.8 Å². The van der Waals surface area contributed by atoms with Gasteiger partial charge in [-0.25, -0.2) is 4.39 Å². The summed E-state index contributed by atoms with van der Waals surface area (Å²) in [4.78, 5) is 39.5. The Morgan fingerprint density at radius 1 is 1.04 bits per heavy atom. The number of amides is 2. The summed E-state index contributed by atoms with van der Waals surface area (Å²) < 4.78 is 19.0. The quantitative estimate of drug-likeness (QED) is 0.868. The highest BCUT2D eigenvalue weighted by Crippen LogP contribution is 2.21. The molecule has 0 spiro atoms. The van der Waals surface area contributed by atoms with Crippen LogP contribution in [0.4, 0.5) is 4.39 Å². The van der Waals surface area contributed by atoms with Gasteiger partial charge in [-0.1, -0.05) is 6.07 Å². The van der Waals surface area contributed by atoms with Crippen molar-refractivity contribution in [2.45, 2.75) is 20.3 Å². The summed E-state index contributed by atoms with van der Waals surface area (Å²) >= 11 is 0. The molecule has 3 rings (SSSR count). The number of carboxylic acids is 1. The normalized spacial score (nSPS) is 14.2. The SMILES string of the molecule is Cc1ccc(C(=O)N2CCN(C(=O)c3c(C)coc3CC(=O)O)CC2)cc1F. The second-order valence-electron chi connectivity index (χ2n) is 6.84. The van der Waals surface area contributed by atoms with Gasteiger partial charge in [0.1, 0.15) is 18.0 Å². The molecule has 0 aliphatic carbocycles. The Morgan fingerprint density at radius 2 is 1.64 bits per heavy atom. The molecule has 2 aromatic rings. The molecule has 1 aliphatic heterocycles. The van der Waals surface area contributed by atoms with Crippen LogP contribution in [0.15, 0.2) is 28.9 Å². The smallest absolute Gasteiger partial charge is 0.311 e. The molecule has 148 valence electrons. The van der Waals surface area contributed by atoms with Gasteiger partial charge in [0.25, 0.3) is 11.8 Å². The van der Waals surface area contributed by atoms with Crippen LogP contribution in [-0.4, -0.2) is 58.9 Å². The Bertz CT molecular complexity index is 929. The van der Waals surface area contributed by atoms with Gasteiger partial charge in [-0.05, 0) is 31.5 Å². The molecule has 1 fully saturated rings. The number of aliphatic carboxylic acids is 1. The first-order valence-electron chi connectivity index (χ1n) is 8.91. The van der Waals surface area contributed by atoms with Crippen molar-refractivity contribution < 1.29 is 28.3 Å². The molecule has 7 nitrogen and oxygen atoms in total. The number of carbonyl (C=O) groups is 3. The van der Waals surface area contributed by atoms with Crippen LogP contribution in [0.3, 0.4) is 0 Å². The Balaban J connectivity index is 1.67. The van der Waals surface area contributed by atoms with E-state index in [-0.39, 0.29) is 35.1 Å². The molecule has 0 radical (unpaired) electrons. The number of nitrogens with zero attached hydrogens (tertiary/aromatic N) is 2. The summed E-state index contributed by atoms with van der Waals surface area (Å²) in [5.41, 5.74) is 1.59. The Kier molecular flexibility index (Phi) is 5.48. The number of benzene rings is 1. The Labute approximate surface area is 161 Å². The number of carboxylic acid groups (broad SMARTS) is 1. The number of rotatable bonds is 4. The summed E-state index contributed by atoms with van der Waals surface area (Å²) in [5, 5.41) is 8.98. The van der Waals surface area contributed by atoms with E-state index in [4.69, 9.17) is 9.52 Å². The fourth-order valence-electron chi connectivity index (χ4n) is 3.23. The van der Waals surface area contributed by atoms with Crippen molar-refractivity contribution in [3.63, 3.8) is 0 Å². The Hall–Kier alpha value is -3.16. The maximum atomic E-state index is 13.7. The zero-order chi connectivity index (χ0) is 20.4. The number of aryl methyl sites for hydroxylation is 2. The minimum Gasteiger partial charge on any atom is -0.481 e. The highest BCUT2D eigenvalue weighted by atomic mass is 19.1. The van der Waals surface area contributed by atoms with Crippen molar-refractivity contribution in [3.05, 3.63) is 58.3 Å². The molecule has 1 aliphatic rings. The highest BCUT2D eigenvalue weighted by Gasteiger charge is 2.29. The summed E-state index contributed by atoms with van der Waals surface area (Å²) in [6.45, 7) is 4.54. The van der Waals surface area contributed by atoms with E-state index in [1.807, 2.05) is 0 Å². The molecule has 1 aromatic carbocycles. The molecule has 28 heavy (non-hydrogen) atoms. The molecule has 8 heteroatoms. The lowest BCUT2D eigenvalue weighted by molar-refractivity contribution is -0.136. The van der Waals surface area contributed by atoms with Gasteiger partial charge in [-0.15, -0.1) is 0 Å². The largest absolute Gasteiger partial charge is 0.481 e. The van der Waals surface area contributed by atoms with E-state index in [0.717, 1.165) is 0 Å². The number of hydrogen-bond acceptors (Lipinski definition) is 4. The van der Waals surface area contributed by atoms with Gasteiger partial charge >= 0.3 is 5.97 Å². The topological polar surface area (TPSA) is 91.1 Å². The summed E-state index contributed by atoms with van der Waals surface area (Å²) in [5.74, 6) is -1.97. The fourth-order valence-corrected chi connectivity index (χ4v) is 3.23. The van der Waals surface area contributed by atoms with Crippen LogP contribution in [0.2, 0.25) is 0 Å². The van der Waals surface area contributed by atoms with Crippen molar-refractivity contribution in [2.24, 2.45) is 0 Å². The number of halogens is 1. The van der Waals surface area contributed by atoms with E-state index in [9.17, 15) is 18.8 Å². The van der Waals surface area contributed by atoms with Gasteiger partial charge < -0.3 is 19.3 Å². The third-order valence-corrected chi connectivity index (χ3v) is 4.85. The standard InChI is InChI=1S/C20H21FN2O5/c1-12-3-4-14(9-15(12)21)19(26)22-5-7-23(8-6-22)20(27)18-13(2)11-28-16(18)10-17(24)25/h3-4,9,11H,5-8,10H2,1-2H3,(H,24,25). The van der Waals surface area contributed by atoms with E-state index >= 15 is 0 Å². The third kappa shape index (κ3) is 3.90. The lowest BCUT2D eigenvalue weighted by Crippen LogP contribution is -2.50. The first-order valence-corrected chi connectivity index (χ1v) is 8.91.